The molecule has 3 aromatic heterocycles. The van der Waals surface area contributed by atoms with E-state index in [1.165, 1.54) is 21.9 Å². The van der Waals surface area contributed by atoms with Gasteiger partial charge in [0.15, 0.2) is 0 Å². The second kappa shape index (κ2) is 14.5. The minimum atomic E-state index is -1.29. The first-order valence-electron chi connectivity index (χ1n) is 15.6. The number of rotatable bonds is 6. The third kappa shape index (κ3) is 7.79. The molecular weight excluding hydrogens is 757 g/mol. The SMILES string of the molecule is CC(C)c1ccnc(-c2[c-]cc3oc4ccccc4c3c2)c1.C[Si](C)(C)c1ccc(-c2[c-]ccc(Cc3ccccc3)c2)nc1.[Ir]. The van der Waals surface area contributed by atoms with E-state index in [0.717, 1.165) is 50.9 Å². The first-order chi connectivity index (χ1) is 21.7. The van der Waals surface area contributed by atoms with Gasteiger partial charge < -0.3 is 14.4 Å². The van der Waals surface area contributed by atoms with Crippen LogP contribution < -0.4 is 5.19 Å². The number of furan rings is 1. The van der Waals surface area contributed by atoms with Gasteiger partial charge in [-0.1, -0.05) is 111 Å². The Kier molecular flexibility index (Phi) is 10.5. The average Bonchev–Trinajstić information content (AvgIpc) is 3.43. The fraction of sp³-hybridized carbons (Fsp3) is 0.171. The van der Waals surface area contributed by atoms with Crippen LogP contribution in [0.15, 0.2) is 126 Å². The number of pyridine rings is 2. The van der Waals surface area contributed by atoms with Gasteiger partial charge in [-0.15, -0.1) is 59.2 Å². The van der Waals surface area contributed by atoms with E-state index in [9.17, 15) is 0 Å². The van der Waals surface area contributed by atoms with E-state index in [1.54, 1.807) is 0 Å². The zero-order valence-electron chi connectivity index (χ0n) is 27.0. The molecule has 0 unspecified atom stereocenters. The van der Waals surface area contributed by atoms with Gasteiger partial charge in [-0.3, -0.25) is 0 Å². The Morgan fingerprint density at radius 1 is 0.696 bits per heavy atom. The molecule has 3 nitrogen and oxygen atoms in total. The van der Waals surface area contributed by atoms with Gasteiger partial charge in [-0.05, 0) is 46.6 Å². The van der Waals surface area contributed by atoms with Crippen molar-refractivity contribution in [3.8, 4) is 22.5 Å². The Labute approximate surface area is 287 Å². The molecule has 7 rings (SSSR count). The van der Waals surface area contributed by atoms with Crippen molar-refractivity contribution in [2.45, 2.75) is 45.8 Å². The zero-order chi connectivity index (χ0) is 31.4. The van der Waals surface area contributed by atoms with Crippen LogP contribution in [0.1, 0.15) is 36.5 Å². The van der Waals surface area contributed by atoms with Crippen molar-refractivity contribution < 1.29 is 24.5 Å². The summed E-state index contributed by atoms with van der Waals surface area (Å²) < 4.78 is 5.85. The molecular formula is C41H38IrN2OSi-2. The number of aromatic nitrogens is 2. The van der Waals surface area contributed by atoms with E-state index in [-0.39, 0.29) is 20.1 Å². The summed E-state index contributed by atoms with van der Waals surface area (Å²) >= 11 is 0. The second-order valence-electron chi connectivity index (χ2n) is 12.8. The standard InChI is InChI=1S/C21H22NSi.C20H16NO.Ir/c1-23(2,3)20-12-13-21(22-16-20)19-11-7-10-18(15-19)14-17-8-5-4-6-9-17;1-13(2)14-9-10-21-18(12-14)15-7-8-20-17(11-15)16-5-3-4-6-19(16)22-20;/h4-10,12-13,15-16H,14H2,1-3H3;3-6,8-13H,1-2H3;/q2*-1;. The fourth-order valence-electron chi connectivity index (χ4n) is 5.37. The molecule has 0 N–H and O–H groups in total. The molecule has 5 heteroatoms. The van der Waals surface area contributed by atoms with Crippen LogP contribution in [-0.4, -0.2) is 18.0 Å². The molecule has 0 saturated carbocycles. The van der Waals surface area contributed by atoms with Crippen molar-refractivity contribution in [3.05, 3.63) is 150 Å². The smallest absolute Gasteiger partial charge is 0.120 e. The van der Waals surface area contributed by atoms with E-state index in [1.807, 2.05) is 42.7 Å². The van der Waals surface area contributed by atoms with Gasteiger partial charge in [0, 0.05) is 37.9 Å². The van der Waals surface area contributed by atoms with Crippen LogP contribution >= 0.6 is 0 Å². The van der Waals surface area contributed by atoms with Crippen LogP contribution in [0.25, 0.3) is 44.5 Å². The summed E-state index contributed by atoms with van der Waals surface area (Å²) in [5.74, 6) is 0.486. The van der Waals surface area contributed by atoms with E-state index in [4.69, 9.17) is 4.42 Å². The minimum absolute atomic E-state index is 0. The van der Waals surface area contributed by atoms with Crippen molar-refractivity contribution in [1.29, 1.82) is 0 Å². The zero-order valence-corrected chi connectivity index (χ0v) is 30.4. The third-order valence-electron chi connectivity index (χ3n) is 8.06. The summed E-state index contributed by atoms with van der Waals surface area (Å²) in [5, 5.41) is 3.63. The van der Waals surface area contributed by atoms with Crippen molar-refractivity contribution in [1.82, 2.24) is 9.97 Å². The Morgan fingerprint density at radius 3 is 2.20 bits per heavy atom. The van der Waals surface area contributed by atoms with Crippen molar-refractivity contribution in [2.24, 2.45) is 0 Å². The van der Waals surface area contributed by atoms with Crippen LogP contribution in [-0.2, 0) is 26.5 Å². The van der Waals surface area contributed by atoms with E-state index in [2.05, 4.69) is 134 Å². The molecule has 0 amide bonds. The molecule has 0 fully saturated rings. The van der Waals surface area contributed by atoms with Crippen LogP contribution in [0.2, 0.25) is 19.6 Å². The third-order valence-corrected chi connectivity index (χ3v) is 10.1. The van der Waals surface area contributed by atoms with Gasteiger partial charge >= 0.3 is 0 Å². The maximum absolute atomic E-state index is 5.85. The van der Waals surface area contributed by atoms with Crippen molar-refractivity contribution in [3.63, 3.8) is 0 Å². The van der Waals surface area contributed by atoms with Gasteiger partial charge in [0.2, 0.25) is 0 Å². The summed E-state index contributed by atoms with van der Waals surface area (Å²) in [6.07, 6.45) is 4.85. The summed E-state index contributed by atoms with van der Waals surface area (Å²) in [5.41, 5.74) is 9.71. The molecule has 1 radical (unpaired) electrons. The molecule has 0 aliphatic carbocycles. The predicted molar refractivity (Wildman–Crippen MR) is 191 cm³/mol. The first-order valence-corrected chi connectivity index (χ1v) is 19.1. The maximum atomic E-state index is 5.85. The van der Waals surface area contributed by atoms with E-state index in [0.29, 0.717) is 5.92 Å². The van der Waals surface area contributed by atoms with Crippen molar-refractivity contribution >= 4 is 35.2 Å². The number of para-hydroxylation sites is 1. The molecule has 0 bridgehead atoms. The van der Waals surface area contributed by atoms with Gasteiger partial charge in [0.25, 0.3) is 0 Å². The molecule has 0 saturated heterocycles. The average molecular weight is 795 g/mol. The maximum Gasteiger partial charge on any atom is 0.120 e. The van der Waals surface area contributed by atoms with Crippen LogP contribution in [0.4, 0.5) is 0 Å². The number of hydrogen-bond acceptors (Lipinski definition) is 3. The predicted octanol–water partition coefficient (Wildman–Crippen LogP) is 10.3. The Hall–Kier alpha value is -4.15. The second-order valence-corrected chi connectivity index (χ2v) is 17.9. The quantitative estimate of drug-likeness (QED) is 0.124. The molecule has 3 heterocycles. The number of fused-ring (bicyclic) bond motifs is 3. The number of hydrogen-bond donors (Lipinski definition) is 0. The van der Waals surface area contributed by atoms with E-state index < -0.39 is 8.07 Å². The van der Waals surface area contributed by atoms with Crippen LogP contribution in [0, 0.1) is 12.1 Å². The van der Waals surface area contributed by atoms with Gasteiger partial charge in [-0.2, -0.15) is 0 Å². The minimum Gasteiger partial charge on any atom is -0.500 e. The van der Waals surface area contributed by atoms with Crippen LogP contribution in [0.3, 0.4) is 0 Å². The number of nitrogens with zero attached hydrogens (tertiary/aromatic N) is 2. The largest absolute Gasteiger partial charge is 0.500 e. The summed E-state index contributed by atoms with van der Waals surface area (Å²) in [7, 11) is -1.29. The van der Waals surface area contributed by atoms with Gasteiger partial charge in [-0.25, -0.2) is 0 Å². The summed E-state index contributed by atoms with van der Waals surface area (Å²) in [6, 6.07) is 44.2. The van der Waals surface area contributed by atoms with Gasteiger partial charge in [0.05, 0.1) is 13.7 Å². The first kappa shape index (κ1) is 33.2. The molecule has 0 aliphatic rings. The molecule has 0 atom stereocenters. The van der Waals surface area contributed by atoms with Crippen LogP contribution in [0.5, 0.6) is 0 Å². The van der Waals surface area contributed by atoms with Crippen molar-refractivity contribution in [2.75, 3.05) is 0 Å². The monoisotopic (exact) mass is 795 g/mol. The molecule has 233 valence electrons. The Bertz CT molecular complexity index is 2040. The molecule has 7 aromatic rings. The number of benzene rings is 4. The summed E-state index contributed by atoms with van der Waals surface area (Å²) in [6.45, 7) is 11.4. The topological polar surface area (TPSA) is 38.9 Å². The molecule has 46 heavy (non-hydrogen) atoms. The van der Waals surface area contributed by atoms with Gasteiger partial charge in [0.1, 0.15) is 5.58 Å². The normalized spacial score (nSPS) is 11.3. The Balaban J connectivity index is 0.000000177. The molecule has 0 aliphatic heterocycles. The van der Waals surface area contributed by atoms with E-state index >= 15 is 0 Å². The molecule has 4 aromatic carbocycles. The fourth-order valence-corrected chi connectivity index (χ4v) is 6.41. The Morgan fingerprint density at radius 2 is 1.46 bits per heavy atom. The summed E-state index contributed by atoms with van der Waals surface area (Å²) in [4.78, 5) is 9.17. The molecule has 0 spiro atoms.